The van der Waals surface area contributed by atoms with Crippen LogP contribution in [0.2, 0.25) is 0 Å². The molecule has 0 amide bonds. The summed E-state index contributed by atoms with van der Waals surface area (Å²) in [6.45, 7) is 4.93. The highest BCUT2D eigenvalue weighted by molar-refractivity contribution is 5.54. The summed E-state index contributed by atoms with van der Waals surface area (Å²) in [7, 11) is 2.10. The summed E-state index contributed by atoms with van der Waals surface area (Å²) in [6, 6.07) is 6.15. The number of nitrogens with one attached hydrogen (secondary N) is 1. The summed E-state index contributed by atoms with van der Waals surface area (Å²) >= 11 is 0. The number of hydrogen-bond acceptors (Lipinski definition) is 2. The fraction of sp³-hybridized carbons (Fsp3) is 0.571. The Morgan fingerprint density at radius 1 is 1.41 bits per heavy atom. The first-order valence-electron chi connectivity index (χ1n) is 6.32. The van der Waals surface area contributed by atoms with E-state index in [2.05, 4.69) is 31.1 Å². The van der Waals surface area contributed by atoms with Crippen LogP contribution in [0.1, 0.15) is 32.3 Å². The molecule has 2 nitrogen and oxygen atoms in total. The zero-order valence-corrected chi connectivity index (χ0v) is 10.8. The minimum atomic E-state index is -0.154. The molecule has 0 bridgehead atoms. The van der Waals surface area contributed by atoms with Crippen LogP contribution >= 0.6 is 0 Å². The van der Waals surface area contributed by atoms with E-state index < -0.39 is 0 Å². The van der Waals surface area contributed by atoms with Crippen molar-refractivity contribution in [3.05, 3.63) is 29.6 Å². The number of benzene rings is 1. The maximum absolute atomic E-state index is 13.3. The van der Waals surface area contributed by atoms with Gasteiger partial charge >= 0.3 is 0 Å². The van der Waals surface area contributed by atoms with Crippen LogP contribution in [-0.2, 0) is 6.54 Å². The molecule has 0 radical (unpaired) electrons. The minimum Gasteiger partial charge on any atom is -0.371 e. The molecule has 1 aromatic carbocycles. The Bertz CT molecular complexity index is 386. The van der Waals surface area contributed by atoms with Crippen LogP contribution in [0.3, 0.4) is 0 Å². The zero-order chi connectivity index (χ0) is 12.4. The molecule has 1 saturated carbocycles. The maximum Gasteiger partial charge on any atom is 0.123 e. The molecule has 0 aliphatic heterocycles. The van der Waals surface area contributed by atoms with Crippen molar-refractivity contribution in [2.75, 3.05) is 11.9 Å². The average molecular weight is 236 g/mol. The van der Waals surface area contributed by atoms with Crippen LogP contribution in [0.15, 0.2) is 18.2 Å². The van der Waals surface area contributed by atoms with Crippen LogP contribution in [-0.4, -0.2) is 19.1 Å². The van der Waals surface area contributed by atoms with Gasteiger partial charge in [0.1, 0.15) is 5.82 Å². The van der Waals surface area contributed by atoms with Gasteiger partial charge in [0.25, 0.3) is 0 Å². The lowest BCUT2D eigenvalue weighted by atomic mass is 10.1. The van der Waals surface area contributed by atoms with Crippen LogP contribution in [0, 0.1) is 5.82 Å². The van der Waals surface area contributed by atoms with Crippen molar-refractivity contribution in [3.8, 4) is 0 Å². The molecule has 1 aliphatic carbocycles. The molecule has 0 aromatic heterocycles. The van der Waals surface area contributed by atoms with Gasteiger partial charge in [-0.3, -0.25) is 0 Å². The Hall–Kier alpha value is -1.09. The second kappa shape index (κ2) is 5.05. The smallest absolute Gasteiger partial charge is 0.123 e. The standard InChI is InChI=1S/C14H21FN2/c1-10(2)16-9-11-8-12(15)4-7-14(11)17(3)13-5-6-13/h4,7-8,10,13,16H,5-6,9H2,1-3H3. The fourth-order valence-corrected chi connectivity index (χ4v) is 2.01. The lowest BCUT2D eigenvalue weighted by Crippen LogP contribution is -2.25. The van der Waals surface area contributed by atoms with Gasteiger partial charge in [-0.05, 0) is 36.6 Å². The summed E-state index contributed by atoms with van der Waals surface area (Å²) in [5.41, 5.74) is 2.20. The Balaban J connectivity index is 2.17. The zero-order valence-electron chi connectivity index (χ0n) is 10.8. The van der Waals surface area contributed by atoms with Crippen LogP contribution in [0.5, 0.6) is 0 Å². The second-order valence-corrected chi connectivity index (χ2v) is 5.15. The molecule has 1 aliphatic rings. The molecule has 0 heterocycles. The van der Waals surface area contributed by atoms with Gasteiger partial charge in [0.15, 0.2) is 0 Å². The van der Waals surface area contributed by atoms with E-state index in [0.717, 1.165) is 17.8 Å². The monoisotopic (exact) mass is 236 g/mol. The first-order chi connectivity index (χ1) is 8.08. The molecular weight excluding hydrogens is 215 g/mol. The Morgan fingerprint density at radius 3 is 2.71 bits per heavy atom. The highest BCUT2D eigenvalue weighted by Gasteiger charge is 2.27. The molecule has 0 saturated heterocycles. The first-order valence-corrected chi connectivity index (χ1v) is 6.32. The van der Waals surface area contributed by atoms with Crippen molar-refractivity contribution < 1.29 is 4.39 Å². The third kappa shape index (κ3) is 3.19. The van der Waals surface area contributed by atoms with E-state index in [9.17, 15) is 4.39 Å². The van der Waals surface area contributed by atoms with Crippen LogP contribution in [0.25, 0.3) is 0 Å². The largest absolute Gasteiger partial charge is 0.371 e. The number of nitrogens with zero attached hydrogens (tertiary/aromatic N) is 1. The Labute approximate surface area is 103 Å². The van der Waals surface area contributed by atoms with Crippen molar-refractivity contribution in [3.63, 3.8) is 0 Å². The number of anilines is 1. The normalized spacial score (nSPS) is 15.4. The van der Waals surface area contributed by atoms with Gasteiger partial charge in [-0.25, -0.2) is 4.39 Å². The molecule has 3 heteroatoms. The molecule has 1 aromatic rings. The Kier molecular flexibility index (Phi) is 3.67. The van der Waals surface area contributed by atoms with E-state index in [0.29, 0.717) is 12.1 Å². The fourth-order valence-electron chi connectivity index (χ4n) is 2.01. The van der Waals surface area contributed by atoms with E-state index in [1.165, 1.54) is 12.8 Å². The molecule has 94 valence electrons. The lowest BCUT2D eigenvalue weighted by molar-refractivity contribution is 0.580. The first kappa shape index (κ1) is 12.4. The molecule has 1 fully saturated rings. The van der Waals surface area contributed by atoms with Crippen molar-refractivity contribution in [1.29, 1.82) is 0 Å². The van der Waals surface area contributed by atoms with E-state index in [-0.39, 0.29) is 5.82 Å². The van der Waals surface area contributed by atoms with Crippen LogP contribution < -0.4 is 10.2 Å². The Morgan fingerprint density at radius 2 is 2.12 bits per heavy atom. The number of hydrogen-bond donors (Lipinski definition) is 1. The molecular formula is C14H21FN2. The average Bonchev–Trinajstić information content (AvgIpc) is 3.09. The SMILES string of the molecule is CC(C)NCc1cc(F)ccc1N(C)C1CC1. The molecule has 0 unspecified atom stereocenters. The summed E-state index contributed by atoms with van der Waals surface area (Å²) in [5.74, 6) is -0.154. The highest BCUT2D eigenvalue weighted by atomic mass is 19.1. The predicted octanol–water partition coefficient (Wildman–Crippen LogP) is 2.92. The summed E-state index contributed by atoms with van der Waals surface area (Å²) in [4.78, 5) is 2.27. The van der Waals surface area contributed by atoms with Crippen LogP contribution in [0.4, 0.5) is 10.1 Å². The van der Waals surface area contributed by atoms with E-state index >= 15 is 0 Å². The minimum absolute atomic E-state index is 0.154. The lowest BCUT2D eigenvalue weighted by Gasteiger charge is -2.23. The van der Waals surface area contributed by atoms with Gasteiger partial charge in [-0.1, -0.05) is 13.8 Å². The topological polar surface area (TPSA) is 15.3 Å². The van der Waals surface area contributed by atoms with Gasteiger partial charge in [0.05, 0.1) is 0 Å². The molecule has 17 heavy (non-hydrogen) atoms. The third-order valence-electron chi connectivity index (χ3n) is 3.22. The maximum atomic E-state index is 13.3. The van der Waals surface area contributed by atoms with Crippen molar-refractivity contribution >= 4 is 5.69 Å². The van der Waals surface area contributed by atoms with Gasteiger partial charge in [0, 0.05) is 31.4 Å². The third-order valence-corrected chi connectivity index (χ3v) is 3.22. The number of rotatable bonds is 5. The highest BCUT2D eigenvalue weighted by Crippen LogP contribution is 2.32. The summed E-state index contributed by atoms with van der Waals surface area (Å²) < 4.78 is 13.3. The summed E-state index contributed by atoms with van der Waals surface area (Å²) in [5, 5.41) is 3.35. The van der Waals surface area contributed by atoms with E-state index in [1.807, 2.05) is 6.07 Å². The molecule has 1 N–H and O–H groups in total. The van der Waals surface area contributed by atoms with Gasteiger partial charge in [-0.2, -0.15) is 0 Å². The van der Waals surface area contributed by atoms with Gasteiger partial charge in [-0.15, -0.1) is 0 Å². The second-order valence-electron chi connectivity index (χ2n) is 5.15. The van der Waals surface area contributed by atoms with Crippen molar-refractivity contribution in [1.82, 2.24) is 5.32 Å². The van der Waals surface area contributed by atoms with Gasteiger partial charge < -0.3 is 10.2 Å². The molecule has 2 rings (SSSR count). The molecule has 0 spiro atoms. The molecule has 0 atom stereocenters. The van der Waals surface area contributed by atoms with Crippen molar-refractivity contribution in [2.45, 2.75) is 45.3 Å². The van der Waals surface area contributed by atoms with Gasteiger partial charge in [0.2, 0.25) is 0 Å². The van der Waals surface area contributed by atoms with E-state index in [4.69, 9.17) is 0 Å². The quantitative estimate of drug-likeness (QED) is 0.845. The van der Waals surface area contributed by atoms with Crippen molar-refractivity contribution in [2.24, 2.45) is 0 Å². The summed E-state index contributed by atoms with van der Waals surface area (Å²) in [6.07, 6.45) is 2.51. The predicted molar refractivity (Wildman–Crippen MR) is 69.8 cm³/mol. The van der Waals surface area contributed by atoms with E-state index in [1.54, 1.807) is 12.1 Å². The number of halogens is 1.